The second-order valence-electron chi connectivity index (χ2n) is 5.90. The van der Waals surface area contributed by atoms with Crippen LogP contribution < -0.4 is 4.90 Å². The van der Waals surface area contributed by atoms with Gasteiger partial charge in [0.05, 0.1) is 18.5 Å². The number of rotatable bonds is 4. The van der Waals surface area contributed by atoms with E-state index in [0.717, 1.165) is 28.9 Å². The molecular weight excluding hydrogens is 368 g/mol. The molecule has 0 amide bonds. The van der Waals surface area contributed by atoms with E-state index in [-0.39, 0.29) is 18.6 Å². The topological polar surface area (TPSA) is 41.9 Å². The normalized spacial score (nSPS) is 16.6. The fourth-order valence-electron chi connectivity index (χ4n) is 2.98. The van der Waals surface area contributed by atoms with Crippen LogP contribution in [0.4, 0.5) is 5.69 Å². The number of thiocarbonyl (C=S) groups is 1. The van der Waals surface area contributed by atoms with E-state index in [1.54, 1.807) is 0 Å². The molecule has 6 heteroatoms. The van der Waals surface area contributed by atoms with Crippen LogP contribution in [0, 0.1) is 0 Å². The summed E-state index contributed by atoms with van der Waals surface area (Å²) >= 11 is 12.1. The minimum atomic E-state index is -0.349. The molecule has 1 unspecified atom stereocenters. The number of benzene rings is 2. The summed E-state index contributed by atoms with van der Waals surface area (Å²) in [6.45, 7) is 2.07. The molecule has 2 aromatic carbocycles. The quantitative estimate of drug-likeness (QED) is 0.581. The number of ether oxygens (including phenoxy) is 1. The lowest BCUT2D eigenvalue weighted by Gasteiger charge is -2.26. The molecule has 0 spiro atoms. The van der Waals surface area contributed by atoms with Crippen LogP contribution in [0.25, 0.3) is 0 Å². The SMILES string of the molecule is CCC1N=C(c2ccccc2Cl)c2ccccc2N(CC(=O)OC)C1=S. The molecule has 0 bridgehead atoms. The number of anilines is 1. The van der Waals surface area contributed by atoms with Gasteiger partial charge in [0.25, 0.3) is 0 Å². The van der Waals surface area contributed by atoms with Gasteiger partial charge in [-0.3, -0.25) is 9.79 Å². The molecule has 0 fully saturated rings. The monoisotopic (exact) mass is 386 g/mol. The second kappa shape index (κ2) is 7.98. The maximum absolute atomic E-state index is 12.0. The zero-order chi connectivity index (χ0) is 18.7. The molecule has 1 aliphatic rings. The molecule has 1 atom stereocenters. The Hall–Kier alpha value is -2.24. The molecular formula is C20H19ClN2O2S. The van der Waals surface area contributed by atoms with E-state index in [0.29, 0.717) is 10.0 Å². The van der Waals surface area contributed by atoms with Crippen molar-refractivity contribution in [2.45, 2.75) is 19.4 Å². The third-order valence-electron chi connectivity index (χ3n) is 4.32. The van der Waals surface area contributed by atoms with Gasteiger partial charge in [0.15, 0.2) is 0 Å². The van der Waals surface area contributed by atoms with Crippen molar-refractivity contribution in [2.75, 3.05) is 18.6 Å². The van der Waals surface area contributed by atoms with E-state index >= 15 is 0 Å². The van der Waals surface area contributed by atoms with E-state index in [1.807, 2.05) is 60.4 Å². The number of para-hydroxylation sites is 1. The Morgan fingerprint density at radius 3 is 2.50 bits per heavy atom. The first-order chi connectivity index (χ1) is 12.6. The van der Waals surface area contributed by atoms with Gasteiger partial charge in [0, 0.05) is 16.1 Å². The van der Waals surface area contributed by atoms with Crippen molar-refractivity contribution in [3.05, 3.63) is 64.7 Å². The van der Waals surface area contributed by atoms with Crippen molar-refractivity contribution in [2.24, 2.45) is 4.99 Å². The summed E-state index contributed by atoms with van der Waals surface area (Å²) in [7, 11) is 1.37. The third kappa shape index (κ3) is 3.50. The van der Waals surface area contributed by atoms with Gasteiger partial charge in [0.1, 0.15) is 17.6 Å². The number of nitrogens with zero attached hydrogens (tertiary/aromatic N) is 2. The zero-order valence-corrected chi connectivity index (χ0v) is 16.2. The third-order valence-corrected chi connectivity index (χ3v) is 5.14. The van der Waals surface area contributed by atoms with Gasteiger partial charge >= 0.3 is 5.97 Å². The molecule has 0 N–H and O–H groups in total. The van der Waals surface area contributed by atoms with Crippen molar-refractivity contribution in [1.82, 2.24) is 0 Å². The van der Waals surface area contributed by atoms with E-state index in [4.69, 9.17) is 33.5 Å². The molecule has 0 saturated heterocycles. The van der Waals surface area contributed by atoms with Crippen LogP contribution in [-0.2, 0) is 9.53 Å². The highest BCUT2D eigenvalue weighted by molar-refractivity contribution is 7.80. The average Bonchev–Trinajstić information content (AvgIpc) is 2.78. The van der Waals surface area contributed by atoms with Crippen LogP contribution in [0.3, 0.4) is 0 Å². The van der Waals surface area contributed by atoms with Gasteiger partial charge in [0.2, 0.25) is 0 Å². The number of halogens is 1. The number of carbonyl (C=O) groups is 1. The highest BCUT2D eigenvalue weighted by Crippen LogP contribution is 2.31. The number of aliphatic imine (C=N–C) groups is 1. The van der Waals surface area contributed by atoms with E-state index in [9.17, 15) is 4.79 Å². The van der Waals surface area contributed by atoms with Crippen LogP contribution in [0.2, 0.25) is 5.02 Å². The molecule has 4 nitrogen and oxygen atoms in total. The number of hydrogen-bond acceptors (Lipinski definition) is 4. The summed E-state index contributed by atoms with van der Waals surface area (Å²) in [5.41, 5.74) is 3.36. The standard InChI is InChI=1S/C20H19ClN2O2S/c1-3-16-20(26)23(12-18(24)25-2)17-11-7-5-9-14(17)19(22-16)13-8-4-6-10-15(13)21/h4-11,16H,3,12H2,1-2H3. The summed E-state index contributed by atoms with van der Waals surface area (Å²) in [6.07, 6.45) is 0.721. The summed E-state index contributed by atoms with van der Waals surface area (Å²) in [4.78, 5) is 19.3. The first-order valence-corrected chi connectivity index (χ1v) is 9.15. The number of methoxy groups -OCH3 is 1. The first-order valence-electron chi connectivity index (χ1n) is 8.37. The largest absolute Gasteiger partial charge is 0.468 e. The van der Waals surface area contributed by atoms with Gasteiger partial charge in [-0.2, -0.15) is 0 Å². The van der Waals surface area contributed by atoms with Crippen LogP contribution in [0.15, 0.2) is 53.5 Å². The number of hydrogen-bond donors (Lipinski definition) is 0. The van der Waals surface area contributed by atoms with Gasteiger partial charge < -0.3 is 9.64 Å². The van der Waals surface area contributed by atoms with Crippen molar-refractivity contribution in [3.8, 4) is 0 Å². The van der Waals surface area contributed by atoms with Crippen LogP contribution in [-0.4, -0.2) is 36.4 Å². The lowest BCUT2D eigenvalue weighted by molar-refractivity contribution is -0.138. The van der Waals surface area contributed by atoms with Gasteiger partial charge in [-0.1, -0.05) is 67.1 Å². The smallest absolute Gasteiger partial charge is 0.325 e. The van der Waals surface area contributed by atoms with E-state index in [2.05, 4.69) is 0 Å². The minimum absolute atomic E-state index is 0.0498. The fraction of sp³-hybridized carbons (Fsp3) is 0.250. The van der Waals surface area contributed by atoms with Gasteiger partial charge in [-0.05, 0) is 18.6 Å². The van der Waals surface area contributed by atoms with E-state index in [1.165, 1.54) is 7.11 Å². The molecule has 0 aliphatic carbocycles. The van der Waals surface area contributed by atoms with Crippen LogP contribution in [0.5, 0.6) is 0 Å². The Morgan fingerprint density at radius 1 is 1.19 bits per heavy atom. The molecule has 1 heterocycles. The Balaban J connectivity index is 2.21. The average molecular weight is 387 g/mol. The lowest BCUT2D eigenvalue weighted by Crippen LogP contribution is -2.40. The Kier molecular flexibility index (Phi) is 5.69. The van der Waals surface area contributed by atoms with Crippen LogP contribution >= 0.6 is 23.8 Å². The number of carbonyl (C=O) groups excluding carboxylic acids is 1. The molecule has 26 heavy (non-hydrogen) atoms. The molecule has 134 valence electrons. The minimum Gasteiger partial charge on any atom is -0.468 e. The van der Waals surface area contributed by atoms with E-state index < -0.39 is 0 Å². The van der Waals surface area contributed by atoms with Crippen molar-refractivity contribution in [3.63, 3.8) is 0 Å². The number of benzodiazepines with no additional fused rings is 1. The highest BCUT2D eigenvalue weighted by atomic mass is 35.5. The molecule has 0 aromatic heterocycles. The predicted octanol–water partition coefficient (Wildman–Crippen LogP) is 4.28. The highest BCUT2D eigenvalue weighted by Gasteiger charge is 2.30. The Labute approximate surface area is 163 Å². The fourth-order valence-corrected chi connectivity index (χ4v) is 3.59. The zero-order valence-electron chi connectivity index (χ0n) is 14.6. The van der Waals surface area contributed by atoms with Crippen molar-refractivity contribution in [1.29, 1.82) is 0 Å². The summed E-state index contributed by atoms with van der Waals surface area (Å²) < 4.78 is 4.86. The Morgan fingerprint density at radius 2 is 1.85 bits per heavy atom. The number of esters is 1. The van der Waals surface area contributed by atoms with Gasteiger partial charge in [-0.15, -0.1) is 0 Å². The van der Waals surface area contributed by atoms with Crippen molar-refractivity contribution < 1.29 is 9.53 Å². The molecule has 3 rings (SSSR count). The maximum Gasteiger partial charge on any atom is 0.325 e. The number of fused-ring (bicyclic) bond motifs is 1. The molecule has 1 aliphatic heterocycles. The second-order valence-corrected chi connectivity index (χ2v) is 6.72. The van der Waals surface area contributed by atoms with Crippen LogP contribution in [0.1, 0.15) is 24.5 Å². The Bertz CT molecular complexity index is 882. The van der Waals surface area contributed by atoms with Crippen molar-refractivity contribution >= 4 is 46.2 Å². The predicted molar refractivity (Wildman–Crippen MR) is 110 cm³/mol. The maximum atomic E-state index is 12.0. The lowest BCUT2D eigenvalue weighted by atomic mass is 10.00. The van der Waals surface area contributed by atoms with Gasteiger partial charge in [-0.25, -0.2) is 0 Å². The molecule has 2 aromatic rings. The summed E-state index contributed by atoms with van der Waals surface area (Å²) in [5.74, 6) is -0.349. The summed E-state index contributed by atoms with van der Waals surface area (Å²) in [6, 6.07) is 15.2. The molecule has 0 saturated carbocycles. The summed E-state index contributed by atoms with van der Waals surface area (Å²) in [5, 5.41) is 0.628. The first kappa shape index (κ1) is 18.5. The molecule has 0 radical (unpaired) electrons.